The molecular weight excluding hydrogens is 278 g/mol. The molecule has 2 N–H and O–H groups in total. The SMILES string of the molecule is COc1cccc(OC)c1C(N)CC1CCS(=O)(=O)C1. The van der Waals surface area contributed by atoms with Gasteiger partial charge < -0.3 is 15.2 Å². The monoisotopic (exact) mass is 299 g/mol. The van der Waals surface area contributed by atoms with E-state index in [4.69, 9.17) is 15.2 Å². The Morgan fingerprint density at radius 2 is 1.90 bits per heavy atom. The molecule has 1 aliphatic heterocycles. The third-order valence-electron chi connectivity index (χ3n) is 3.75. The number of methoxy groups -OCH3 is 2. The van der Waals surface area contributed by atoms with Gasteiger partial charge in [-0.15, -0.1) is 0 Å². The van der Waals surface area contributed by atoms with E-state index in [1.54, 1.807) is 14.2 Å². The van der Waals surface area contributed by atoms with Crippen LogP contribution in [0.3, 0.4) is 0 Å². The average Bonchev–Trinajstić information content (AvgIpc) is 2.76. The molecule has 5 nitrogen and oxygen atoms in total. The summed E-state index contributed by atoms with van der Waals surface area (Å²) in [5.74, 6) is 1.98. The Labute approximate surface area is 120 Å². The molecule has 2 atom stereocenters. The second kappa shape index (κ2) is 6.01. The normalized spacial score (nSPS) is 22.4. The molecule has 0 bridgehead atoms. The fourth-order valence-electron chi connectivity index (χ4n) is 2.78. The third-order valence-corrected chi connectivity index (χ3v) is 5.59. The van der Waals surface area contributed by atoms with Crippen molar-refractivity contribution in [3.63, 3.8) is 0 Å². The van der Waals surface area contributed by atoms with E-state index in [9.17, 15) is 8.42 Å². The molecule has 0 amide bonds. The summed E-state index contributed by atoms with van der Waals surface area (Å²) in [6, 6.07) is 5.22. The highest BCUT2D eigenvalue weighted by molar-refractivity contribution is 7.91. The third kappa shape index (κ3) is 3.24. The predicted molar refractivity (Wildman–Crippen MR) is 77.9 cm³/mol. The lowest BCUT2D eigenvalue weighted by atomic mass is 9.94. The van der Waals surface area contributed by atoms with Crippen LogP contribution in [0, 0.1) is 5.92 Å². The van der Waals surface area contributed by atoms with Crippen LogP contribution in [0.2, 0.25) is 0 Å². The van der Waals surface area contributed by atoms with Gasteiger partial charge in [-0.05, 0) is 30.9 Å². The smallest absolute Gasteiger partial charge is 0.150 e. The van der Waals surface area contributed by atoms with E-state index in [0.717, 1.165) is 5.56 Å². The predicted octanol–water partition coefficient (Wildman–Crippen LogP) is 1.53. The van der Waals surface area contributed by atoms with Crippen molar-refractivity contribution in [1.82, 2.24) is 0 Å². The van der Waals surface area contributed by atoms with Gasteiger partial charge in [0.05, 0.1) is 31.3 Å². The van der Waals surface area contributed by atoms with Crippen LogP contribution in [-0.2, 0) is 9.84 Å². The summed E-state index contributed by atoms with van der Waals surface area (Å²) in [4.78, 5) is 0. The second-order valence-corrected chi connectivity index (χ2v) is 7.42. The van der Waals surface area contributed by atoms with Gasteiger partial charge in [0, 0.05) is 6.04 Å². The van der Waals surface area contributed by atoms with Gasteiger partial charge in [0.1, 0.15) is 11.5 Å². The largest absolute Gasteiger partial charge is 0.496 e. The van der Waals surface area contributed by atoms with Gasteiger partial charge in [0.25, 0.3) is 0 Å². The van der Waals surface area contributed by atoms with Crippen molar-refractivity contribution in [2.24, 2.45) is 11.7 Å². The van der Waals surface area contributed by atoms with Gasteiger partial charge >= 0.3 is 0 Å². The molecule has 112 valence electrons. The number of sulfone groups is 1. The minimum absolute atomic E-state index is 0.115. The van der Waals surface area contributed by atoms with Crippen LogP contribution in [0.5, 0.6) is 11.5 Å². The fourth-order valence-corrected chi connectivity index (χ4v) is 4.66. The van der Waals surface area contributed by atoms with Gasteiger partial charge in [-0.2, -0.15) is 0 Å². The molecule has 1 aromatic rings. The van der Waals surface area contributed by atoms with Crippen LogP contribution in [0.15, 0.2) is 18.2 Å². The van der Waals surface area contributed by atoms with Crippen LogP contribution in [0.25, 0.3) is 0 Å². The summed E-state index contributed by atoms with van der Waals surface area (Å²) in [6.07, 6.45) is 1.31. The Bertz CT molecular complexity index is 548. The molecule has 1 aromatic carbocycles. The van der Waals surface area contributed by atoms with E-state index in [1.165, 1.54) is 0 Å². The van der Waals surface area contributed by atoms with Crippen molar-refractivity contribution >= 4 is 9.84 Å². The summed E-state index contributed by atoms with van der Waals surface area (Å²) >= 11 is 0. The number of benzene rings is 1. The Morgan fingerprint density at radius 3 is 2.35 bits per heavy atom. The van der Waals surface area contributed by atoms with Crippen molar-refractivity contribution in [1.29, 1.82) is 0 Å². The van der Waals surface area contributed by atoms with E-state index < -0.39 is 9.84 Å². The number of ether oxygens (including phenoxy) is 2. The maximum atomic E-state index is 11.5. The molecule has 1 saturated heterocycles. The fraction of sp³-hybridized carbons (Fsp3) is 0.571. The zero-order valence-electron chi connectivity index (χ0n) is 11.8. The first-order valence-corrected chi connectivity index (χ1v) is 8.46. The quantitative estimate of drug-likeness (QED) is 0.892. The molecule has 1 aliphatic rings. The summed E-state index contributed by atoms with van der Waals surface area (Å²) in [5, 5.41) is 0. The van der Waals surface area contributed by atoms with E-state index in [2.05, 4.69) is 0 Å². The van der Waals surface area contributed by atoms with Gasteiger partial charge in [-0.25, -0.2) is 8.42 Å². The lowest BCUT2D eigenvalue weighted by Crippen LogP contribution is -2.18. The summed E-state index contributed by atoms with van der Waals surface area (Å²) < 4.78 is 33.7. The van der Waals surface area contributed by atoms with Crippen LogP contribution in [0.1, 0.15) is 24.4 Å². The molecule has 0 spiro atoms. The van der Waals surface area contributed by atoms with Crippen LogP contribution in [-0.4, -0.2) is 34.1 Å². The van der Waals surface area contributed by atoms with Gasteiger partial charge in [0.2, 0.25) is 0 Å². The Hall–Kier alpha value is -1.27. The Kier molecular flexibility index (Phi) is 4.55. The van der Waals surface area contributed by atoms with Gasteiger partial charge in [-0.1, -0.05) is 6.07 Å². The second-order valence-electron chi connectivity index (χ2n) is 5.19. The van der Waals surface area contributed by atoms with Crippen LogP contribution >= 0.6 is 0 Å². The summed E-state index contributed by atoms with van der Waals surface area (Å²) in [7, 11) is 0.304. The molecule has 6 heteroatoms. The van der Waals surface area contributed by atoms with Crippen LogP contribution in [0.4, 0.5) is 0 Å². The highest BCUT2D eigenvalue weighted by Gasteiger charge is 2.30. The standard InChI is InChI=1S/C14H21NO4S/c1-18-12-4-3-5-13(19-2)14(12)11(15)8-10-6-7-20(16,17)9-10/h3-5,10-11H,6-9,15H2,1-2H3. The lowest BCUT2D eigenvalue weighted by molar-refractivity contribution is 0.369. The molecule has 0 saturated carbocycles. The van der Waals surface area contributed by atoms with Gasteiger partial charge in [0.15, 0.2) is 9.84 Å². The molecular formula is C14H21NO4S. The molecule has 2 unspecified atom stereocenters. The minimum atomic E-state index is -2.87. The van der Waals surface area contributed by atoms with E-state index in [-0.39, 0.29) is 23.5 Å². The van der Waals surface area contributed by atoms with Crippen molar-refractivity contribution in [2.45, 2.75) is 18.9 Å². The molecule has 2 rings (SSSR count). The van der Waals surface area contributed by atoms with Crippen molar-refractivity contribution in [3.05, 3.63) is 23.8 Å². The molecule has 0 radical (unpaired) electrons. The number of rotatable bonds is 5. The molecule has 20 heavy (non-hydrogen) atoms. The van der Waals surface area contributed by atoms with Crippen molar-refractivity contribution in [3.8, 4) is 11.5 Å². The first-order valence-electron chi connectivity index (χ1n) is 6.63. The minimum Gasteiger partial charge on any atom is -0.496 e. The Balaban J connectivity index is 2.19. The molecule has 0 aromatic heterocycles. The number of hydrogen-bond donors (Lipinski definition) is 1. The van der Waals surface area contributed by atoms with Crippen molar-refractivity contribution in [2.75, 3.05) is 25.7 Å². The molecule has 1 fully saturated rings. The maximum Gasteiger partial charge on any atom is 0.150 e. The highest BCUT2D eigenvalue weighted by atomic mass is 32.2. The van der Waals surface area contributed by atoms with Crippen LogP contribution < -0.4 is 15.2 Å². The first-order chi connectivity index (χ1) is 9.46. The van der Waals surface area contributed by atoms with E-state index in [0.29, 0.717) is 24.3 Å². The zero-order chi connectivity index (χ0) is 14.8. The number of nitrogens with two attached hydrogens (primary N) is 1. The number of hydrogen-bond acceptors (Lipinski definition) is 5. The zero-order valence-corrected chi connectivity index (χ0v) is 12.7. The van der Waals surface area contributed by atoms with Crippen molar-refractivity contribution < 1.29 is 17.9 Å². The highest BCUT2D eigenvalue weighted by Crippen LogP contribution is 2.37. The maximum absolute atomic E-state index is 11.5. The van der Waals surface area contributed by atoms with E-state index >= 15 is 0 Å². The molecule has 1 heterocycles. The average molecular weight is 299 g/mol. The lowest BCUT2D eigenvalue weighted by Gasteiger charge is -2.21. The van der Waals surface area contributed by atoms with Gasteiger partial charge in [-0.3, -0.25) is 0 Å². The summed E-state index contributed by atoms with van der Waals surface area (Å²) in [5.41, 5.74) is 7.07. The molecule has 0 aliphatic carbocycles. The summed E-state index contributed by atoms with van der Waals surface area (Å²) in [6.45, 7) is 0. The Morgan fingerprint density at radius 1 is 1.30 bits per heavy atom. The van der Waals surface area contributed by atoms with E-state index in [1.807, 2.05) is 18.2 Å². The first kappa shape index (κ1) is 15.1. The topological polar surface area (TPSA) is 78.6 Å².